The van der Waals surface area contributed by atoms with Crippen molar-refractivity contribution in [2.45, 2.75) is 29.3 Å². The number of fused-ring (bicyclic) bond motifs is 1. The first kappa shape index (κ1) is 21.5. The summed E-state index contributed by atoms with van der Waals surface area (Å²) in [7, 11) is 1.45. The van der Waals surface area contributed by atoms with Gasteiger partial charge in [0, 0.05) is 45.6 Å². The minimum atomic E-state index is -3.51. The smallest absolute Gasteiger partial charge is 0.242 e. The van der Waals surface area contributed by atoms with Crippen molar-refractivity contribution in [2.75, 3.05) is 14.1 Å². The van der Waals surface area contributed by atoms with E-state index in [0.717, 1.165) is 34.4 Å². The van der Waals surface area contributed by atoms with E-state index in [1.807, 2.05) is 36.7 Å². The third-order valence-electron chi connectivity index (χ3n) is 4.98. The minimum Gasteiger partial charge on any atom is -0.328 e. The summed E-state index contributed by atoms with van der Waals surface area (Å²) in [6.45, 7) is 2.77. The molecule has 4 rings (SSSR count). The van der Waals surface area contributed by atoms with Gasteiger partial charge in [0.2, 0.25) is 10.0 Å². The highest BCUT2D eigenvalue weighted by atomic mass is 32.2. The SMILES string of the molecule is CCn1c(CSc2nnc(-c3cccnc3)n2C)nc2cc(S(=O)(=O)N(C)C)ccc21. The molecule has 0 radical (unpaired) electrons. The van der Waals surface area contributed by atoms with Crippen LogP contribution < -0.4 is 0 Å². The number of benzene rings is 1. The number of aryl methyl sites for hydroxylation is 1. The second-order valence-electron chi connectivity index (χ2n) is 7.11. The van der Waals surface area contributed by atoms with Crippen molar-refractivity contribution in [1.82, 2.24) is 33.6 Å². The van der Waals surface area contributed by atoms with Crippen molar-refractivity contribution in [3.8, 4) is 11.4 Å². The first-order valence-electron chi connectivity index (χ1n) is 9.67. The molecule has 31 heavy (non-hydrogen) atoms. The number of aromatic nitrogens is 6. The molecule has 0 saturated heterocycles. The van der Waals surface area contributed by atoms with E-state index in [4.69, 9.17) is 4.98 Å². The Balaban J connectivity index is 1.63. The Morgan fingerprint density at radius 2 is 1.97 bits per heavy atom. The monoisotopic (exact) mass is 457 g/mol. The Morgan fingerprint density at radius 1 is 1.16 bits per heavy atom. The van der Waals surface area contributed by atoms with E-state index in [9.17, 15) is 8.42 Å². The summed E-state index contributed by atoms with van der Waals surface area (Å²) < 4.78 is 30.2. The summed E-state index contributed by atoms with van der Waals surface area (Å²) in [6, 6.07) is 8.89. The number of sulfonamides is 1. The summed E-state index contributed by atoms with van der Waals surface area (Å²) in [5.74, 6) is 2.18. The fourth-order valence-corrected chi connectivity index (χ4v) is 5.09. The maximum Gasteiger partial charge on any atom is 0.242 e. The highest BCUT2D eigenvalue weighted by Crippen LogP contribution is 2.27. The van der Waals surface area contributed by atoms with Gasteiger partial charge in [-0.25, -0.2) is 17.7 Å². The molecular weight excluding hydrogens is 434 g/mol. The second-order valence-corrected chi connectivity index (χ2v) is 10.2. The van der Waals surface area contributed by atoms with Crippen molar-refractivity contribution < 1.29 is 8.42 Å². The molecule has 3 aromatic heterocycles. The Bertz CT molecular complexity index is 1330. The largest absolute Gasteiger partial charge is 0.328 e. The maximum atomic E-state index is 12.5. The predicted molar refractivity (Wildman–Crippen MR) is 120 cm³/mol. The van der Waals surface area contributed by atoms with Crippen LogP contribution in [-0.2, 0) is 29.4 Å². The molecule has 11 heteroatoms. The van der Waals surface area contributed by atoms with Gasteiger partial charge in [-0.05, 0) is 37.3 Å². The van der Waals surface area contributed by atoms with E-state index in [1.54, 1.807) is 24.5 Å². The van der Waals surface area contributed by atoms with Gasteiger partial charge in [-0.15, -0.1) is 10.2 Å². The zero-order valence-corrected chi connectivity index (χ0v) is 19.4. The van der Waals surface area contributed by atoms with Crippen LogP contribution in [0, 0.1) is 0 Å². The third-order valence-corrected chi connectivity index (χ3v) is 7.81. The summed E-state index contributed by atoms with van der Waals surface area (Å²) in [5, 5.41) is 9.37. The van der Waals surface area contributed by atoms with E-state index in [-0.39, 0.29) is 4.90 Å². The molecule has 0 saturated carbocycles. The highest BCUT2D eigenvalue weighted by molar-refractivity contribution is 7.98. The fraction of sp³-hybridized carbons (Fsp3) is 0.300. The summed E-state index contributed by atoms with van der Waals surface area (Å²) in [5.41, 5.74) is 2.47. The van der Waals surface area contributed by atoms with Crippen LogP contribution in [0.2, 0.25) is 0 Å². The normalized spacial score (nSPS) is 12.2. The molecule has 0 amide bonds. The van der Waals surface area contributed by atoms with Crippen molar-refractivity contribution in [3.05, 3.63) is 48.5 Å². The molecule has 9 nitrogen and oxygen atoms in total. The van der Waals surface area contributed by atoms with Gasteiger partial charge in [0.25, 0.3) is 0 Å². The molecule has 0 aliphatic heterocycles. The lowest BCUT2D eigenvalue weighted by atomic mass is 10.3. The van der Waals surface area contributed by atoms with Crippen molar-refractivity contribution in [1.29, 1.82) is 0 Å². The number of hydrogen-bond donors (Lipinski definition) is 0. The topological polar surface area (TPSA) is 98.8 Å². The number of rotatable bonds is 7. The van der Waals surface area contributed by atoms with Crippen molar-refractivity contribution in [3.63, 3.8) is 0 Å². The molecule has 0 bridgehead atoms. The Hall–Kier alpha value is -2.76. The van der Waals surface area contributed by atoms with Crippen LogP contribution in [-0.4, -0.2) is 56.1 Å². The number of pyridine rings is 1. The number of nitrogens with zero attached hydrogens (tertiary/aromatic N) is 7. The third kappa shape index (κ3) is 3.95. The molecule has 162 valence electrons. The number of hydrogen-bond acceptors (Lipinski definition) is 7. The Morgan fingerprint density at radius 3 is 2.65 bits per heavy atom. The predicted octanol–water partition coefficient (Wildman–Crippen LogP) is 2.79. The lowest BCUT2D eigenvalue weighted by molar-refractivity contribution is 0.521. The quantitative estimate of drug-likeness (QED) is 0.394. The molecular formula is C20H23N7O2S2. The van der Waals surface area contributed by atoms with E-state index in [2.05, 4.69) is 19.7 Å². The van der Waals surface area contributed by atoms with E-state index < -0.39 is 10.0 Å². The molecule has 0 spiro atoms. The zero-order chi connectivity index (χ0) is 22.2. The molecule has 0 atom stereocenters. The van der Waals surface area contributed by atoms with Gasteiger partial charge in [-0.3, -0.25) is 4.98 Å². The fourth-order valence-electron chi connectivity index (χ4n) is 3.31. The van der Waals surface area contributed by atoms with Crippen LogP contribution in [0.1, 0.15) is 12.7 Å². The first-order chi connectivity index (χ1) is 14.8. The lowest BCUT2D eigenvalue weighted by Crippen LogP contribution is -2.22. The van der Waals surface area contributed by atoms with E-state index >= 15 is 0 Å². The molecule has 0 aliphatic carbocycles. The standard InChI is InChI=1S/C20H23N7O2S2/c1-5-27-17-9-8-15(31(28,29)25(2)3)11-16(17)22-18(27)13-30-20-24-23-19(26(20)4)14-7-6-10-21-12-14/h6-12H,5,13H2,1-4H3. The van der Waals surface area contributed by atoms with Crippen LogP contribution >= 0.6 is 11.8 Å². The van der Waals surface area contributed by atoms with Gasteiger partial charge in [0.1, 0.15) is 5.82 Å². The van der Waals surface area contributed by atoms with Gasteiger partial charge in [-0.2, -0.15) is 0 Å². The van der Waals surface area contributed by atoms with Crippen LogP contribution in [0.25, 0.3) is 22.4 Å². The molecule has 4 aromatic rings. The average Bonchev–Trinajstić information content (AvgIpc) is 3.31. The highest BCUT2D eigenvalue weighted by Gasteiger charge is 2.20. The lowest BCUT2D eigenvalue weighted by Gasteiger charge is -2.11. The van der Waals surface area contributed by atoms with E-state index in [0.29, 0.717) is 11.3 Å². The van der Waals surface area contributed by atoms with Gasteiger partial charge in [-0.1, -0.05) is 11.8 Å². The number of thioether (sulfide) groups is 1. The van der Waals surface area contributed by atoms with Crippen LogP contribution in [0.4, 0.5) is 0 Å². The molecule has 0 aliphatic rings. The van der Waals surface area contributed by atoms with Gasteiger partial charge < -0.3 is 9.13 Å². The van der Waals surface area contributed by atoms with Gasteiger partial charge in [0.05, 0.1) is 21.7 Å². The summed E-state index contributed by atoms with van der Waals surface area (Å²) >= 11 is 1.53. The van der Waals surface area contributed by atoms with Crippen LogP contribution in [0.15, 0.2) is 52.8 Å². The zero-order valence-electron chi connectivity index (χ0n) is 17.7. The second kappa shape index (κ2) is 8.40. The maximum absolute atomic E-state index is 12.5. The van der Waals surface area contributed by atoms with Crippen molar-refractivity contribution in [2.24, 2.45) is 7.05 Å². The number of imidazole rings is 1. The van der Waals surface area contributed by atoms with Crippen molar-refractivity contribution >= 4 is 32.8 Å². The molecule has 1 aromatic carbocycles. The molecule has 0 unspecified atom stereocenters. The Labute approximate surface area is 185 Å². The first-order valence-corrected chi connectivity index (χ1v) is 12.1. The van der Waals surface area contributed by atoms with Gasteiger partial charge in [0.15, 0.2) is 11.0 Å². The van der Waals surface area contributed by atoms with Crippen LogP contribution in [0.3, 0.4) is 0 Å². The minimum absolute atomic E-state index is 0.236. The molecule has 0 fully saturated rings. The average molecular weight is 458 g/mol. The van der Waals surface area contributed by atoms with Crippen LogP contribution in [0.5, 0.6) is 0 Å². The Kier molecular flexibility index (Phi) is 5.82. The van der Waals surface area contributed by atoms with Gasteiger partial charge >= 0.3 is 0 Å². The summed E-state index contributed by atoms with van der Waals surface area (Å²) in [4.78, 5) is 9.09. The summed E-state index contributed by atoms with van der Waals surface area (Å²) in [6.07, 6.45) is 3.48. The molecule has 3 heterocycles. The van der Waals surface area contributed by atoms with E-state index in [1.165, 1.54) is 30.2 Å². The molecule has 0 N–H and O–H groups in total.